The van der Waals surface area contributed by atoms with Crippen molar-refractivity contribution in [2.45, 2.75) is 46.0 Å². The Kier molecular flexibility index (Phi) is 5.58. The van der Waals surface area contributed by atoms with Crippen molar-refractivity contribution in [3.05, 3.63) is 69.6 Å². The zero-order chi connectivity index (χ0) is 15.1. The molecule has 0 heterocycles. The van der Waals surface area contributed by atoms with Gasteiger partial charge in [0.15, 0.2) is 0 Å². The van der Waals surface area contributed by atoms with Crippen molar-refractivity contribution < 1.29 is 0 Å². The molecule has 0 atom stereocenters. The highest BCUT2D eigenvalue weighted by atomic mass is 14.2. The Morgan fingerprint density at radius 1 is 0.952 bits per heavy atom. The molecule has 0 saturated carbocycles. The quantitative estimate of drug-likeness (QED) is 0.582. The molecule has 0 unspecified atom stereocenters. The van der Waals surface area contributed by atoms with E-state index < -0.39 is 0 Å². The number of aryl methyl sites for hydroxylation is 2. The predicted molar refractivity (Wildman–Crippen MR) is 87.9 cm³/mol. The second kappa shape index (κ2) is 7.64. The van der Waals surface area contributed by atoms with Crippen molar-refractivity contribution in [1.82, 2.24) is 0 Å². The Balaban J connectivity index is 0.000000170. The van der Waals surface area contributed by atoms with Crippen LogP contribution in [0.2, 0.25) is 0 Å². The van der Waals surface area contributed by atoms with Crippen LogP contribution in [-0.4, -0.2) is 0 Å². The molecule has 3 rings (SSSR count). The average molecular weight is 277 g/mol. The van der Waals surface area contributed by atoms with Crippen LogP contribution in [0.15, 0.2) is 42.5 Å². The van der Waals surface area contributed by atoms with Crippen molar-refractivity contribution >= 4 is 0 Å². The molecule has 1 aromatic carbocycles. The smallest absolute Gasteiger partial charge is 0.0998 e. The molecule has 21 heavy (non-hydrogen) atoms. The van der Waals surface area contributed by atoms with Crippen LogP contribution in [0.4, 0.5) is 0 Å². The highest BCUT2D eigenvalue weighted by molar-refractivity contribution is 5.41. The topological polar surface area (TPSA) is 23.8 Å². The van der Waals surface area contributed by atoms with E-state index in [1.54, 1.807) is 0 Å². The molecule has 0 bridgehead atoms. The molecule has 108 valence electrons. The van der Waals surface area contributed by atoms with E-state index in [0.29, 0.717) is 0 Å². The summed E-state index contributed by atoms with van der Waals surface area (Å²) in [5.41, 5.74) is 3.68. The van der Waals surface area contributed by atoms with E-state index in [-0.39, 0.29) is 0 Å². The number of unbranched alkanes of at least 4 members (excludes halogenated alkanes) is 3. The molecular formula is C20H23N. The van der Waals surface area contributed by atoms with Crippen LogP contribution >= 0.6 is 0 Å². The lowest BCUT2D eigenvalue weighted by Crippen LogP contribution is -1.90. The standard InChI is InChI=1S/C13H20.C7H3N/c1-3-4-5-6-7-13-10-8-12(2)9-11-13;8-4-6-3-5-1-2-7(5)6/h8-11H,3-7H2,1-2H3;1-3H. The van der Waals surface area contributed by atoms with Gasteiger partial charge in [0.05, 0.1) is 11.6 Å². The molecule has 1 aromatic rings. The van der Waals surface area contributed by atoms with Gasteiger partial charge in [0.2, 0.25) is 0 Å². The van der Waals surface area contributed by atoms with Gasteiger partial charge >= 0.3 is 0 Å². The molecule has 1 nitrogen and oxygen atoms in total. The third-order valence-electron chi connectivity index (χ3n) is 3.89. The van der Waals surface area contributed by atoms with Gasteiger partial charge in [-0.2, -0.15) is 5.26 Å². The summed E-state index contributed by atoms with van der Waals surface area (Å²) < 4.78 is 0. The lowest BCUT2D eigenvalue weighted by atomic mass is 10.0. The largest absolute Gasteiger partial charge is 0.192 e. The number of nitrogens with zero attached hydrogens (tertiary/aromatic N) is 1. The van der Waals surface area contributed by atoms with Gasteiger partial charge in [0, 0.05) is 0 Å². The zero-order valence-electron chi connectivity index (χ0n) is 13.0. The van der Waals surface area contributed by atoms with E-state index in [4.69, 9.17) is 5.26 Å². The monoisotopic (exact) mass is 277 g/mol. The van der Waals surface area contributed by atoms with Crippen molar-refractivity contribution in [2.24, 2.45) is 0 Å². The van der Waals surface area contributed by atoms with Gasteiger partial charge < -0.3 is 0 Å². The fraction of sp³-hybridized carbons (Fsp3) is 0.350. The number of benzene rings is 2. The Labute approximate surface area is 127 Å². The summed E-state index contributed by atoms with van der Waals surface area (Å²) in [6, 6.07) is 16.9. The molecule has 0 fully saturated rings. The van der Waals surface area contributed by atoms with Gasteiger partial charge in [0.1, 0.15) is 0 Å². The molecule has 0 saturated heterocycles. The van der Waals surface area contributed by atoms with E-state index >= 15 is 0 Å². The summed E-state index contributed by atoms with van der Waals surface area (Å²) in [6.45, 7) is 4.40. The van der Waals surface area contributed by atoms with Gasteiger partial charge in [-0.3, -0.25) is 0 Å². The maximum Gasteiger partial charge on any atom is 0.0998 e. The molecule has 2 aliphatic rings. The highest BCUT2D eigenvalue weighted by Gasteiger charge is 2.02. The van der Waals surface area contributed by atoms with E-state index in [1.807, 2.05) is 18.2 Å². The maximum absolute atomic E-state index is 8.32. The molecule has 0 radical (unpaired) electrons. The van der Waals surface area contributed by atoms with Crippen LogP contribution in [0.1, 0.15) is 49.3 Å². The van der Waals surface area contributed by atoms with Gasteiger partial charge in [0.25, 0.3) is 0 Å². The predicted octanol–water partition coefficient (Wildman–Crippen LogP) is 5.28. The minimum absolute atomic E-state index is 0.836. The fourth-order valence-electron chi connectivity index (χ4n) is 2.39. The first-order valence-corrected chi connectivity index (χ1v) is 7.84. The zero-order valence-corrected chi connectivity index (χ0v) is 13.0. The van der Waals surface area contributed by atoms with Gasteiger partial charge in [-0.25, -0.2) is 0 Å². The normalized spacial score (nSPS) is 10.3. The summed E-state index contributed by atoms with van der Waals surface area (Å²) in [7, 11) is 0. The maximum atomic E-state index is 8.32. The first-order valence-electron chi connectivity index (χ1n) is 7.84. The molecule has 1 heteroatoms. The summed E-state index contributed by atoms with van der Waals surface area (Å²) in [5.74, 6) is 0. The van der Waals surface area contributed by atoms with Crippen LogP contribution in [0.25, 0.3) is 0 Å². The number of rotatable bonds is 5. The summed E-state index contributed by atoms with van der Waals surface area (Å²) >= 11 is 0. The lowest BCUT2D eigenvalue weighted by molar-refractivity contribution is 0.667. The molecule has 0 amide bonds. The van der Waals surface area contributed by atoms with Crippen molar-refractivity contribution in [2.75, 3.05) is 0 Å². The van der Waals surface area contributed by atoms with Crippen molar-refractivity contribution in [1.29, 1.82) is 5.26 Å². The minimum Gasteiger partial charge on any atom is -0.192 e. The molecule has 0 spiro atoms. The SMILES string of the molecule is CCCCCCc1ccc(C)cc1.N#Cc1cc2ccc1=2. The molecule has 0 aliphatic heterocycles. The van der Waals surface area contributed by atoms with Gasteiger partial charge in [-0.1, -0.05) is 68.1 Å². The first-order chi connectivity index (χ1) is 10.2. The molecular weight excluding hydrogens is 254 g/mol. The van der Waals surface area contributed by atoms with E-state index in [9.17, 15) is 0 Å². The van der Waals surface area contributed by atoms with E-state index in [1.165, 1.54) is 48.4 Å². The number of hydrogen-bond donors (Lipinski definition) is 0. The Hall–Kier alpha value is -2.07. The summed E-state index contributed by atoms with van der Waals surface area (Å²) in [4.78, 5) is 0. The van der Waals surface area contributed by atoms with Gasteiger partial charge in [-0.15, -0.1) is 0 Å². The van der Waals surface area contributed by atoms with Crippen LogP contribution in [0, 0.1) is 28.7 Å². The van der Waals surface area contributed by atoms with E-state index in [0.717, 1.165) is 10.8 Å². The Morgan fingerprint density at radius 3 is 2.14 bits per heavy atom. The van der Waals surface area contributed by atoms with Gasteiger partial charge in [-0.05, 0) is 41.8 Å². The lowest BCUT2D eigenvalue weighted by Gasteiger charge is -2.01. The van der Waals surface area contributed by atoms with Crippen molar-refractivity contribution in [3.8, 4) is 6.07 Å². The molecule has 0 N–H and O–H groups in total. The Bertz CT molecular complexity index is 705. The summed E-state index contributed by atoms with van der Waals surface area (Å²) in [5, 5.41) is 10.7. The highest BCUT2D eigenvalue weighted by Crippen LogP contribution is 2.13. The van der Waals surface area contributed by atoms with Crippen LogP contribution in [0.5, 0.6) is 0 Å². The Morgan fingerprint density at radius 2 is 1.71 bits per heavy atom. The molecule has 2 aliphatic carbocycles. The second-order valence-corrected chi connectivity index (χ2v) is 5.67. The van der Waals surface area contributed by atoms with Crippen molar-refractivity contribution in [3.63, 3.8) is 0 Å². The van der Waals surface area contributed by atoms with E-state index in [2.05, 4.69) is 44.2 Å². The first kappa shape index (κ1) is 15.3. The number of nitriles is 1. The van der Waals surface area contributed by atoms with Crippen LogP contribution in [-0.2, 0) is 6.42 Å². The summed E-state index contributed by atoms with van der Waals surface area (Å²) in [6.07, 6.45) is 6.68. The second-order valence-electron chi connectivity index (χ2n) is 5.67. The fourth-order valence-corrected chi connectivity index (χ4v) is 2.39. The third-order valence-corrected chi connectivity index (χ3v) is 3.89. The van der Waals surface area contributed by atoms with Crippen LogP contribution < -0.4 is 0 Å². The molecule has 0 aromatic heterocycles. The third kappa shape index (κ3) is 4.20. The minimum atomic E-state index is 0.836. The number of hydrogen-bond acceptors (Lipinski definition) is 1. The van der Waals surface area contributed by atoms with Crippen LogP contribution in [0.3, 0.4) is 0 Å². The average Bonchev–Trinajstić information content (AvgIpc) is 2.49.